The number of phosphoric acid groups is 1. The van der Waals surface area contributed by atoms with Crippen molar-refractivity contribution in [3.05, 3.63) is 29.3 Å². The standard InChI is InChI=1S/C16H25ClNO5P/c1-2-3-4-5-6-11-16(19)18-12-13-22-24(20,21)23-15-10-8-7-9-14(15)17/h7-10H,2-6,11-13H2,1H3,(H,18,19)(H,20,21)/p-1. The maximum absolute atomic E-state index is 11.7. The molecular formula is C16H24ClNO5P-. The van der Waals surface area contributed by atoms with Crippen LogP contribution in [-0.2, 0) is 13.9 Å². The van der Waals surface area contributed by atoms with Gasteiger partial charge in [0.15, 0.2) is 0 Å². The number of hydrogen-bond donors (Lipinski definition) is 1. The summed E-state index contributed by atoms with van der Waals surface area (Å²) in [6.07, 6.45) is 5.77. The predicted octanol–water partition coefficient (Wildman–Crippen LogP) is 3.68. The second-order valence-electron chi connectivity index (χ2n) is 5.32. The Morgan fingerprint density at radius 3 is 2.67 bits per heavy atom. The Balaban J connectivity index is 2.18. The van der Waals surface area contributed by atoms with Crippen LogP contribution in [0.1, 0.15) is 45.4 Å². The van der Waals surface area contributed by atoms with Gasteiger partial charge in [-0.25, -0.2) is 0 Å². The molecule has 0 saturated heterocycles. The van der Waals surface area contributed by atoms with E-state index in [-0.39, 0.29) is 29.8 Å². The summed E-state index contributed by atoms with van der Waals surface area (Å²) in [7, 11) is -4.52. The van der Waals surface area contributed by atoms with Gasteiger partial charge in [0, 0.05) is 13.0 Å². The molecule has 1 N–H and O–H groups in total. The number of nitrogens with one attached hydrogen (secondary N) is 1. The van der Waals surface area contributed by atoms with Crippen molar-refractivity contribution in [1.82, 2.24) is 5.32 Å². The van der Waals surface area contributed by atoms with Gasteiger partial charge in [-0.15, -0.1) is 0 Å². The van der Waals surface area contributed by atoms with E-state index in [9.17, 15) is 14.3 Å². The van der Waals surface area contributed by atoms with Crippen LogP contribution in [-0.4, -0.2) is 19.1 Å². The van der Waals surface area contributed by atoms with Gasteiger partial charge in [-0.3, -0.25) is 9.36 Å². The lowest BCUT2D eigenvalue weighted by Crippen LogP contribution is -2.27. The highest BCUT2D eigenvalue weighted by atomic mass is 35.5. The van der Waals surface area contributed by atoms with Crippen molar-refractivity contribution < 1.29 is 23.3 Å². The summed E-state index contributed by atoms with van der Waals surface area (Å²) in [6, 6.07) is 6.19. The molecular weight excluding hydrogens is 353 g/mol. The Morgan fingerprint density at radius 1 is 1.25 bits per heavy atom. The maximum Gasteiger partial charge on any atom is 0.319 e. The van der Waals surface area contributed by atoms with E-state index in [1.807, 2.05) is 0 Å². The number of rotatable bonds is 12. The van der Waals surface area contributed by atoms with Crippen molar-refractivity contribution in [1.29, 1.82) is 0 Å². The minimum Gasteiger partial charge on any atom is -0.746 e. The first-order valence-corrected chi connectivity index (χ1v) is 9.95. The number of phosphoric ester groups is 1. The van der Waals surface area contributed by atoms with E-state index in [2.05, 4.69) is 12.2 Å². The van der Waals surface area contributed by atoms with Gasteiger partial charge in [0.05, 0.1) is 11.6 Å². The molecule has 0 aliphatic rings. The van der Waals surface area contributed by atoms with Crippen molar-refractivity contribution in [2.45, 2.75) is 45.4 Å². The molecule has 0 spiro atoms. The largest absolute Gasteiger partial charge is 0.746 e. The van der Waals surface area contributed by atoms with E-state index < -0.39 is 7.82 Å². The van der Waals surface area contributed by atoms with Crippen LogP contribution in [0.5, 0.6) is 5.75 Å². The maximum atomic E-state index is 11.7. The minimum absolute atomic E-state index is 0.00798. The number of carbonyl (C=O) groups is 1. The van der Waals surface area contributed by atoms with Crippen LogP contribution in [0.25, 0.3) is 0 Å². The third kappa shape index (κ3) is 9.28. The molecule has 6 nitrogen and oxygen atoms in total. The fourth-order valence-corrected chi connectivity index (χ4v) is 2.99. The molecule has 24 heavy (non-hydrogen) atoms. The third-order valence-electron chi connectivity index (χ3n) is 3.23. The lowest BCUT2D eigenvalue weighted by atomic mass is 10.1. The number of para-hydroxylation sites is 1. The van der Waals surface area contributed by atoms with Crippen molar-refractivity contribution >= 4 is 25.3 Å². The van der Waals surface area contributed by atoms with Crippen molar-refractivity contribution in [3.63, 3.8) is 0 Å². The average Bonchev–Trinajstić information content (AvgIpc) is 2.53. The highest BCUT2D eigenvalue weighted by molar-refractivity contribution is 7.46. The molecule has 0 aliphatic heterocycles. The van der Waals surface area contributed by atoms with Gasteiger partial charge in [0.25, 0.3) is 0 Å². The molecule has 1 aromatic rings. The average molecular weight is 377 g/mol. The van der Waals surface area contributed by atoms with Gasteiger partial charge >= 0.3 is 7.82 Å². The zero-order chi connectivity index (χ0) is 17.8. The number of benzene rings is 1. The lowest BCUT2D eigenvalue weighted by molar-refractivity contribution is -0.216. The summed E-state index contributed by atoms with van der Waals surface area (Å²) < 4.78 is 21.2. The second-order valence-corrected chi connectivity index (χ2v) is 7.06. The minimum atomic E-state index is -4.52. The van der Waals surface area contributed by atoms with E-state index in [1.165, 1.54) is 18.6 Å². The molecule has 1 atom stereocenters. The van der Waals surface area contributed by atoms with Crippen LogP contribution < -0.4 is 14.7 Å². The van der Waals surface area contributed by atoms with E-state index >= 15 is 0 Å². The van der Waals surface area contributed by atoms with Gasteiger partial charge < -0.3 is 19.3 Å². The lowest BCUT2D eigenvalue weighted by Gasteiger charge is -2.23. The smallest absolute Gasteiger partial charge is 0.319 e. The van der Waals surface area contributed by atoms with Gasteiger partial charge in [-0.2, -0.15) is 0 Å². The Labute approximate surface area is 148 Å². The number of unbranched alkanes of at least 4 members (excludes halogenated alkanes) is 4. The number of halogens is 1. The van der Waals surface area contributed by atoms with Gasteiger partial charge in [0.1, 0.15) is 5.75 Å². The molecule has 8 heteroatoms. The monoisotopic (exact) mass is 376 g/mol. The molecule has 0 heterocycles. The molecule has 0 fully saturated rings. The summed E-state index contributed by atoms with van der Waals surface area (Å²) in [4.78, 5) is 23.3. The fourth-order valence-electron chi connectivity index (χ4n) is 1.99. The highest BCUT2D eigenvalue weighted by Crippen LogP contribution is 2.41. The molecule has 0 bridgehead atoms. The first-order chi connectivity index (χ1) is 11.4. The van der Waals surface area contributed by atoms with Crippen LogP contribution >= 0.6 is 19.4 Å². The second kappa shape index (κ2) is 11.5. The van der Waals surface area contributed by atoms with E-state index in [0.717, 1.165) is 25.7 Å². The molecule has 1 unspecified atom stereocenters. The van der Waals surface area contributed by atoms with Crippen LogP contribution in [0, 0.1) is 0 Å². The van der Waals surface area contributed by atoms with Crippen molar-refractivity contribution in [2.24, 2.45) is 0 Å². The van der Waals surface area contributed by atoms with Crippen LogP contribution in [0.4, 0.5) is 0 Å². The van der Waals surface area contributed by atoms with Crippen LogP contribution in [0.15, 0.2) is 24.3 Å². The number of amides is 1. The topological polar surface area (TPSA) is 87.7 Å². The Hall–Kier alpha value is -1.07. The van der Waals surface area contributed by atoms with Crippen molar-refractivity contribution in [2.75, 3.05) is 13.2 Å². The molecule has 1 amide bonds. The van der Waals surface area contributed by atoms with E-state index in [4.69, 9.17) is 20.6 Å². The molecule has 1 aromatic carbocycles. The normalized spacial score (nSPS) is 13.3. The first-order valence-electron chi connectivity index (χ1n) is 8.11. The molecule has 0 aromatic heterocycles. The highest BCUT2D eigenvalue weighted by Gasteiger charge is 2.13. The van der Waals surface area contributed by atoms with Crippen molar-refractivity contribution in [3.8, 4) is 5.75 Å². The molecule has 0 saturated carbocycles. The molecule has 136 valence electrons. The summed E-state index contributed by atoms with van der Waals surface area (Å²) in [6.45, 7) is 2.05. The predicted molar refractivity (Wildman–Crippen MR) is 92.0 cm³/mol. The number of carbonyl (C=O) groups excluding carboxylic acids is 1. The Kier molecular flexibility index (Phi) is 10.0. The fraction of sp³-hybridized carbons (Fsp3) is 0.562. The number of hydrogen-bond acceptors (Lipinski definition) is 5. The van der Waals surface area contributed by atoms with Gasteiger partial charge in [-0.05, 0) is 18.6 Å². The zero-order valence-electron chi connectivity index (χ0n) is 13.8. The first kappa shape index (κ1) is 21.0. The van der Waals surface area contributed by atoms with Gasteiger partial charge in [-0.1, -0.05) is 56.3 Å². The molecule has 1 rings (SSSR count). The quantitative estimate of drug-likeness (QED) is 0.444. The summed E-state index contributed by atoms with van der Waals surface area (Å²) in [5, 5.41) is 2.79. The molecule has 0 radical (unpaired) electrons. The van der Waals surface area contributed by atoms with Gasteiger partial charge in [0.2, 0.25) is 5.91 Å². The third-order valence-corrected chi connectivity index (χ3v) is 4.46. The summed E-state index contributed by atoms with van der Waals surface area (Å²) in [5.41, 5.74) is 0. The zero-order valence-corrected chi connectivity index (χ0v) is 15.5. The Morgan fingerprint density at radius 2 is 1.96 bits per heavy atom. The van der Waals surface area contributed by atoms with E-state index in [1.54, 1.807) is 12.1 Å². The van der Waals surface area contributed by atoms with E-state index in [0.29, 0.717) is 6.42 Å². The summed E-state index contributed by atoms with van der Waals surface area (Å²) >= 11 is 5.82. The summed E-state index contributed by atoms with van der Waals surface area (Å²) in [5.74, 6) is -0.100. The Bertz CT molecular complexity index is 555. The SMILES string of the molecule is CCCCCCCC(=O)NCCOP(=O)([O-])Oc1ccccc1Cl. The van der Waals surface area contributed by atoms with Crippen LogP contribution in [0.3, 0.4) is 0 Å². The molecule has 0 aliphatic carbocycles. The van der Waals surface area contributed by atoms with Crippen LogP contribution in [0.2, 0.25) is 5.02 Å².